The molecule has 2 rings (SSSR count). The molecule has 0 bridgehead atoms. The lowest BCUT2D eigenvalue weighted by Crippen LogP contribution is -2.12. The van der Waals surface area contributed by atoms with Gasteiger partial charge in [-0.2, -0.15) is 0 Å². The van der Waals surface area contributed by atoms with Crippen LogP contribution in [-0.4, -0.2) is 24.2 Å². The van der Waals surface area contributed by atoms with Gasteiger partial charge in [0.15, 0.2) is 0 Å². The van der Waals surface area contributed by atoms with Crippen LogP contribution in [0.5, 0.6) is 5.75 Å². The van der Waals surface area contributed by atoms with Crippen molar-refractivity contribution in [1.82, 2.24) is 4.98 Å². The first kappa shape index (κ1) is 12.5. The maximum Gasteiger partial charge on any atom is 0.354 e. The number of aromatic nitrogens is 1. The first-order chi connectivity index (χ1) is 8.77. The number of esters is 1. The summed E-state index contributed by atoms with van der Waals surface area (Å²) in [7, 11) is 0. The number of aromatic amines is 1. The molecule has 1 N–H and O–H groups in total. The molecule has 18 heavy (non-hydrogen) atoms. The van der Waals surface area contributed by atoms with Crippen LogP contribution in [0.2, 0.25) is 5.02 Å². The van der Waals surface area contributed by atoms with Crippen molar-refractivity contribution in [2.45, 2.75) is 0 Å². The fourth-order valence-electron chi connectivity index (χ4n) is 1.38. The summed E-state index contributed by atoms with van der Waals surface area (Å²) in [5.41, 5.74) is 0.424. The van der Waals surface area contributed by atoms with Gasteiger partial charge in [0, 0.05) is 6.20 Å². The van der Waals surface area contributed by atoms with E-state index >= 15 is 0 Å². The maximum atomic E-state index is 11.4. The number of carbonyl (C=O) groups excluding carboxylic acids is 1. The molecule has 0 fully saturated rings. The Morgan fingerprint density at radius 1 is 1.17 bits per heavy atom. The molecule has 5 heteroatoms. The number of hydrogen-bond acceptors (Lipinski definition) is 3. The number of rotatable bonds is 5. The molecule has 2 aromatic rings. The smallest absolute Gasteiger partial charge is 0.354 e. The normalized spacial score (nSPS) is 10.1. The van der Waals surface area contributed by atoms with Crippen LogP contribution in [0.15, 0.2) is 42.6 Å². The molecule has 0 saturated heterocycles. The van der Waals surface area contributed by atoms with Crippen molar-refractivity contribution in [3.8, 4) is 5.75 Å². The van der Waals surface area contributed by atoms with E-state index in [1.165, 1.54) is 0 Å². The lowest BCUT2D eigenvalue weighted by Gasteiger charge is -2.07. The molecule has 0 atom stereocenters. The summed E-state index contributed by atoms with van der Waals surface area (Å²) in [6.07, 6.45) is 1.66. The Balaban J connectivity index is 1.74. The summed E-state index contributed by atoms with van der Waals surface area (Å²) in [6, 6.07) is 10.5. The summed E-state index contributed by atoms with van der Waals surface area (Å²) in [5.74, 6) is 0.179. The minimum Gasteiger partial charge on any atom is -0.488 e. The standard InChI is InChI=1S/C13H12ClNO3/c14-10-4-1-2-6-12(10)17-8-9-18-13(16)11-5-3-7-15-11/h1-7,15H,8-9H2. The number of benzene rings is 1. The molecule has 0 aliphatic rings. The molecule has 1 aromatic heterocycles. The van der Waals surface area contributed by atoms with Crippen molar-refractivity contribution in [1.29, 1.82) is 0 Å². The number of para-hydroxylation sites is 1. The number of nitrogens with one attached hydrogen (secondary N) is 1. The van der Waals surface area contributed by atoms with Crippen LogP contribution < -0.4 is 4.74 Å². The second-order valence-electron chi connectivity index (χ2n) is 3.50. The zero-order valence-corrected chi connectivity index (χ0v) is 10.3. The zero-order valence-electron chi connectivity index (χ0n) is 9.56. The SMILES string of the molecule is O=C(OCCOc1ccccc1Cl)c1ccc[nH]1. The van der Waals surface area contributed by atoms with Crippen molar-refractivity contribution in [3.05, 3.63) is 53.3 Å². The van der Waals surface area contributed by atoms with Crippen LogP contribution in [0.25, 0.3) is 0 Å². The topological polar surface area (TPSA) is 51.3 Å². The van der Waals surface area contributed by atoms with E-state index in [1.54, 1.807) is 30.5 Å². The summed E-state index contributed by atoms with van der Waals surface area (Å²) in [4.78, 5) is 14.2. The Morgan fingerprint density at radius 3 is 2.72 bits per heavy atom. The van der Waals surface area contributed by atoms with Gasteiger partial charge in [0.25, 0.3) is 0 Å². The average Bonchev–Trinajstić information content (AvgIpc) is 2.90. The second-order valence-corrected chi connectivity index (χ2v) is 3.91. The van der Waals surface area contributed by atoms with Crippen LogP contribution in [0.4, 0.5) is 0 Å². The molecule has 0 unspecified atom stereocenters. The molecule has 4 nitrogen and oxygen atoms in total. The first-order valence-electron chi connectivity index (χ1n) is 5.45. The van der Waals surface area contributed by atoms with Crippen molar-refractivity contribution < 1.29 is 14.3 Å². The minimum absolute atomic E-state index is 0.170. The highest BCUT2D eigenvalue weighted by molar-refractivity contribution is 6.32. The summed E-state index contributed by atoms with van der Waals surface area (Å²) >= 11 is 5.91. The fraction of sp³-hybridized carbons (Fsp3) is 0.154. The van der Waals surface area contributed by atoms with E-state index in [2.05, 4.69) is 4.98 Å². The third-order valence-corrected chi connectivity index (χ3v) is 2.54. The van der Waals surface area contributed by atoms with Gasteiger partial charge < -0.3 is 14.5 Å². The van der Waals surface area contributed by atoms with E-state index in [4.69, 9.17) is 21.1 Å². The fourth-order valence-corrected chi connectivity index (χ4v) is 1.57. The summed E-state index contributed by atoms with van der Waals surface area (Å²) in [5, 5.41) is 0.535. The average molecular weight is 266 g/mol. The van der Waals surface area contributed by atoms with Crippen LogP contribution in [0.3, 0.4) is 0 Å². The third kappa shape index (κ3) is 3.28. The second kappa shape index (κ2) is 6.12. The van der Waals surface area contributed by atoms with Gasteiger partial charge in [-0.25, -0.2) is 4.79 Å². The van der Waals surface area contributed by atoms with Gasteiger partial charge in [-0.05, 0) is 24.3 Å². The minimum atomic E-state index is -0.400. The predicted octanol–water partition coefficient (Wildman–Crippen LogP) is 2.90. The van der Waals surface area contributed by atoms with Gasteiger partial charge >= 0.3 is 5.97 Å². The van der Waals surface area contributed by atoms with Crippen molar-refractivity contribution in [2.24, 2.45) is 0 Å². The Labute approximate surface area is 109 Å². The number of H-pyrrole nitrogens is 1. The lowest BCUT2D eigenvalue weighted by atomic mass is 10.3. The number of hydrogen-bond donors (Lipinski definition) is 1. The van der Waals surface area contributed by atoms with Crippen LogP contribution >= 0.6 is 11.6 Å². The monoisotopic (exact) mass is 265 g/mol. The Kier molecular flexibility index (Phi) is 4.25. The molecular formula is C13H12ClNO3. The van der Waals surface area contributed by atoms with Gasteiger partial charge in [-0.1, -0.05) is 23.7 Å². The Hall–Kier alpha value is -1.94. The van der Waals surface area contributed by atoms with Crippen LogP contribution in [-0.2, 0) is 4.74 Å². The van der Waals surface area contributed by atoms with Gasteiger partial charge in [0.1, 0.15) is 24.7 Å². The summed E-state index contributed by atoms with van der Waals surface area (Å²) < 4.78 is 10.4. The molecule has 0 radical (unpaired) electrons. The van der Waals surface area contributed by atoms with E-state index in [-0.39, 0.29) is 13.2 Å². The largest absolute Gasteiger partial charge is 0.488 e. The van der Waals surface area contributed by atoms with Gasteiger partial charge in [-0.3, -0.25) is 0 Å². The van der Waals surface area contributed by atoms with E-state index < -0.39 is 5.97 Å². The Bertz CT molecular complexity index is 511. The highest BCUT2D eigenvalue weighted by Crippen LogP contribution is 2.22. The molecular weight excluding hydrogens is 254 g/mol. The van der Waals surface area contributed by atoms with E-state index in [0.717, 1.165) is 0 Å². The van der Waals surface area contributed by atoms with Gasteiger partial charge in [-0.15, -0.1) is 0 Å². The number of carbonyl (C=O) groups is 1. The van der Waals surface area contributed by atoms with Crippen LogP contribution in [0.1, 0.15) is 10.5 Å². The molecule has 1 heterocycles. The zero-order chi connectivity index (χ0) is 12.8. The van der Waals surface area contributed by atoms with Gasteiger partial charge in [0.05, 0.1) is 5.02 Å². The highest BCUT2D eigenvalue weighted by atomic mass is 35.5. The van der Waals surface area contributed by atoms with Crippen molar-refractivity contribution >= 4 is 17.6 Å². The van der Waals surface area contributed by atoms with Crippen molar-refractivity contribution in [3.63, 3.8) is 0 Å². The van der Waals surface area contributed by atoms with E-state index in [1.807, 2.05) is 12.1 Å². The van der Waals surface area contributed by atoms with E-state index in [0.29, 0.717) is 16.5 Å². The maximum absolute atomic E-state index is 11.4. The molecule has 1 aromatic carbocycles. The van der Waals surface area contributed by atoms with E-state index in [9.17, 15) is 4.79 Å². The first-order valence-corrected chi connectivity index (χ1v) is 5.83. The molecule has 0 saturated carbocycles. The molecule has 0 aliphatic heterocycles. The number of halogens is 1. The molecule has 0 amide bonds. The quantitative estimate of drug-likeness (QED) is 0.668. The molecule has 0 aliphatic carbocycles. The molecule has 0 spiro atoms. The predicted molar refractivity (Wildman–Crippen MR) is 68.0 cm³/mol. The van der Waals surface area contributed by atoms with Crippen molar-refractivity contribution in [2.75, 3.05) is 13.2 Å². The van der Waals surface area contributed by atoms with Gasteiger partial charge in [0.2, 0.25) is 0 Å². The number of ether oxygens (including phenoxy) is 2. The highest BCUT2D eigenvalue weighted by Gasteiger charge is 2.07. The molecule has 94 valence electrons. The van der Waals surface area contributed by atoms with Crippen LogP contribution in [0, 0.1) is 0 Å². The third-order valence-electron chi connectivity index (χ3n) is 2.23. The Morgan fingerprint density at radius 2 is 2.00 bits per heavy atom. The lowest BCUT2D eigenvalue weighted by molar-refractivity contribution is 0.0444. The summed E-state index contributed by atoms with van der Waals surface area (Å²) in [6.45, 7) is 0.430.